The van der Waals surface area contributed by atoms with Crippen LogP contribution in [0.4, 0.5) is 11.4 Å². The van der Waals surface area contributed by atoms with Crippen LogP contribution in [-0.2, 0) is 16.4 Å². The van der Waals surface area contributed by atoms with E-state index in [2.05, 4.69) is 55.5 Å². The molecule has 2 saturated heterocycles. The lowest BCUT2D eigenvalue weighted by atomic mass is 9.72. The van der Waals surface area contributed by atoms with Crippen LogP contribution in [0.15, 0.2) is 89.6 Å². The summed E-state index contributed by atoms with van der Waals surface area (Å²) in [6.45, 7) is 10.9. The average molecular weight is 945 g/mol. The number of carbonyl (C=O) groups is 1. The number of carbonyl (C=O) groups excluding carboxylic acids is 1. The molecule has 5 aliphatic rings. The molecule has 3 aromatic heterocycles. The van der Waals surface area contributed by atoms with E-state index in [1.807, 2.05) is 36.4 Å². The zero-order valence-corrected chi connectivity index (χ0v) is 39.3. The Hall–Kier alpha value is -5.81. The molecule has 3 atom stereocenters. The molecule has 2 aliphatic carbocycles. The van der Waals surface area contributed by atoms with Crippen molar-refractivity contribution in [2.24, 2.45) is 17.3 Å². The molecule has 0 spiro atoms. The third-order valence-electron chi connectivity index (χ3n) is 14.9. The van der Waals surface area contributed by atoms with Gasteiger partial charge in [-0.1, -0.05) is 43.2 Å². The number of likely N-dealkylation sites (tertiary alicyclic amines) is 1. The van der Waals surface area contributed by atoms with Gasteiger partial charge in [0.1, 0.15) is 11.3 Å². The van der Waals surface area contributed by atoms with E-state index in [-0.39, 0.29) is 28.3 Å². The Morgan fingerprint density at radius 3 is 2.63 bits per heavy atom. The minimum absolute atomic E-state index is 0.0437. The first-order valence-corrected chi connectivity index (χ1v) is 25.3. The molecule has 0 radical (unpaired) electrons. The number of ether oxygens (including phenoxy) is 1. The molecule has 15 nitrogen and oxygen atoms in total. The van der Waals surface area contributed by atoms with E-state index < -0.39 is 25.7 Å². The number of nitrogens with one attached hydrogen (secondary N) is 2. The second-order valence-electron chi connectivity index (χ2n) is 20.0. The first-order chi connectivity index (χ1) is 32.2. The number of allylic oxidation sites excluding steroid dienone is 1. The number of piperazine rings is 1. The number of anilines is 1. The van der Waals surface area contributed by atoms with Crippen LogP contribution < -0.4 is 14.4 Å². The van der Waals surface area contributed by atoms with Crippen LogP contribution >= 0.6 is 11.6 Å². The summed E-state index contributed by atoms with van der Waals surface area (Å²) >= 11 is 6.27. The first-order valence-electron chi connectivity index (χ1n) is 23.4. The summed E-state index contributed by atoms with van der Waals surface area (Å²) < 4.78 is 38.3. The first kappa shape index (κ1) is 43.7. The summed E-state index contributed by atoms with van der Waals surface area (Å²) in [5, 5.41) is 17.3. The van der Waals surface area contributed by atoms with Crippen molar-refractivity contribution in [2.75, 3.05) is 57.3 Å². The predicted molar refractivity (Wildman–Crippen MR) is 259 cm³/mol. The number of rotatable bonds is 11. The molecule has 0 unspecified atom stereocenters. The van der Waals surface area contributed by atoms with Crippen molar-refractivity contribution in [3.63, 3.8) is 0 Å². The molecule has 11 rings (SSSR count). The molecule has 6 aromatic rings. The third kappa shape index (κ3) is 8.57. The molecule has 67 heavy (non-hydrogen) atoms. The fourth-order valence-electron chi connectivity index (χ4n) is 11.4. The summed E-state index contributed by atoms with van der Waals surface area (Å²) in [4.78, 5) is 42.2. The molecule has 348 valence electrons. The molecule has 17 heteroatoms. The highest BCUT2D eigenvalue weighted by atomic mass is 35.5. The number of hydrogen-bond acceptors (Lipinski definition) is 11. The number of aromatic nitrogens is 4. The molecule has 1 saturated carbocycles. The number of nitro groups is 1. The van der Waals surface area contributed by atoms with Gasteiger partial charge in [0.15, 0.2) is 5.65 Å². The molecule has 3 fully saturated rings. The van der Waals surface area contributed by atoms with Crippen LogP contribution in [0.3, 0.4) is 0 Å². The highest BCUT2D eigenvalue weighted by Crippen LogP contribution is 2.44. The number of amides is 1. The van der Waals surface area contributed by atoms with Crippen LogP contribution in [0.5, 0.6) is 5.75 Å². The van der Waals surface area contributed by atoms with Crippen LogP contribution in [0.2, 0.25) is 5.02 Å². The van der Waals surface area contributed by atoms with Gasteiger partial charge in [-0.2, -0.15) is 0 Å². The molecule has 1 amide bonds. The quantitative estimate of drug-likeness (QED) is 0.0944. The maximum atomic E-state index is 14.4. The minimum Gasteiger partial charge on any atom is -0.493 e. The number of nitro benzene ring substituents is 1. The van der Waals surface area contributed by atoms with Crippen molar-refractivity contribution < 1.29 is 22.9 Å². The van der Waals surface area contributed by atoms with Gasteiger partial charge in [-0.15, -0.1) is 0 Å². The number of fused-ring (bicyclic) bond motifs is 5. The normalized spacial score (nSPS) is 22.1. The number of sulfonamides is 1. The largest absolute Gasteiger partial charge is 0.493 e. The summed E-state index contributed by atoms with van der Waals surface area (Å²) in [6.07, 6.45) is 10.7. The molecule has 6 heterocycles. The van der Waals surface area contributed by atoms with Gasteiger partial charge >= 0.3 is 0 Å². The highest BCUT2D eigenvalue weighted by Gasteiger charge is 2.40. The Morgan fingerprint density at radius 1 is 1.04 bits per heavy atom. The summed E-state index contributed by atoms with van der Waals surface area (Å²) in [7, 11) is -4.62. The zero-order valence-electron chi connectivity index (χ0n) is 37.7. The lowest BCUT2D eigenvalue weighted by Crippen LogP contribution is -2.47. The lowest BCUT2D eigenvalue weighted by molar-refractivity contribution is -0.386. The van der Waals surface area contributed by atoms with Gasteiger partial charge in [0.25, 0.3) is 21.6 Å². The number of pyridine rings is 1. The maximum absolute atomic E-state index is 14.4. The minimum atomic E-state index is -4.62. The van der Waals surface area contributed by atoms with Gasteiger partial charge in [0.05, 0.1) is 38.8 Å². The van der Waals surface area contributed by atoms with Gasteiger partial charge in [0.2, 0.25) is 0 Å². The zero-order chi connectivity index (χ0) is 46.2. The smallest absolute Gasteiger partial charge is 0.277 e. The Bertz CT molecular complexity index is 3080. The molecule has 2 N–H and O–H groups in total. The summed E-state index contributed by atoms with van der Waals surface area (Å²) in [6, 6.07) is 20.3. The van der Waals surface area contributed by atoms with Gasteiger partial charge in [-0.3, -0.25) is 34.5 Å². The van der Waals surface area contributed by atoms with Gasteiger partial charge in [-0.05, 0) is 110 Å². The van der Waals surface area contributed by atoms with Crippen LogP contribution in [0, 0.1) is 27.4 Å². The van der Waals surface area contributed by atoms with Crippen molar-refractivity contribution in [1.29, 1.82) is 0 Å². The van der Waals surface area contributed by atoms with E-state index in [4.69, 9.17) is 21.3 Å². The van der Waals surface area contributed by atoms with E-state index >= 15 is 0 Å². The van der Waals surface area contributed by atoms with Crippen LogP contribution in [0.1, 0.15) is 73.9 Å². The Balaban J connectivity index is 0.858. The fourth-order valence-corrected chi connectivity index (χ4v) is 12.5. The summed E-state index contributed by atoms with van der Waals surface area (Å²) in [5.74, 6) is 0.0251. The standard InChI is InChI=1S/C50H54ClN9O6S/c1-50(2)13-11-35(42(25-50)33-4-6-36(51)7-5-33)29-56-15-17-57(18-16-56)38-9-10-40(44(22-38)59-46-21-34-12-14-52-48(34)54-43(46)26-53-59)49(61)55-67(64,65)39-23-45(60(62)63)41-20-32(30-66-47(41)24-39)28-58-27-31-3-8-37(58)19-31/h4-7,9-10,12,14,21-24,26,31-32,37,53H,3,8,11,13,15-20,25,27-30H2,1-2H3,(H,55,61)/t31-,32+,37+/m0/s1. The average Bonchev–Trinajstić information content (AvgIpc) is 4.14. The molecule has 3 aliphatic heterocycles. The second kappa shape index (κ2) is 17.1. The summed E-state index contributed by atoms with van der Waals surface area (Å²) in [5.41, 5.74) is 7.60. The van der Waals surface area contributed by atoms with E-state index in [1.54, 1.807) is 23.1 Å². The SMILES string of the molecule is CC1(C)CCC(CN2CCN(c3ccc(C(=O)NS(=O)(=O)c4cc5c(c([N+](=O)[O-])c4)C[C@H](CN4C[C@H]6CC[C@@H]4C6)CO5)c(-n4[nH]cc5nc6nccc6cc54)c3)CC2)=C(c2ccc(Cl)cc2)C1. The second-order valence-corrected chi connectivity index (χ2v) is 22.2. The number of aromatic amines is 1. The predicted octanol–water partition coefficient (Wildman–Crippen LogP) is 8.40. The number of H-pyrrole nitrogens is 1. The number of nitrogens with zero attached hydrogens (tertiary/aromatic N) is 7. The van der Waals surface area contributed by atoms with E-state index in [1.165, 1.54) is 42.0 Å². The van der Waals surface area contributed by atoms with Crippen molar-refractivity contribution >= 4 is 66.5 Å². The third-order valence-corrected chi connectivity index (χ3v) is 16.5. The van der Waals surface area contributed by atoms with E-state index in [9.17, 15) is 23.3 Å². The molecular weight excluding hydrogens is 890 g/mol. The van der Waals surface area contributed by atoms with Crippen molar-refractivity contribution in [1.82, 2.24) is 34.3 Å². The van der Waals surface area contributed by atoms with Crippen molar-refractivity contribution in [3.05, 3.63) is 117 Å². The van der Waals surface area contributed by atoms with Crippen molar-refractivity contribution in [3.8, 4) is 11.4 Å². The maximum Gasteiger partial charge on any atom is 0.277 e. The Morgan fingerprint density at radius 2 is 1.87 bits per heavy atom. The Kier molecular flexibility index (Phi) is 11.1. The topological polar surface area (TPSA) is 172 Å². The lowest BCUT2D eigenvalue weighted by Gasteiger charge is -2.39. The van der Waals surface area contributed by atoms with Gasteiger partial charge in [0, 0.05) is 98.4 Å². The van der Waals surface area contributed by atoms with Crippen LogP contribution in [0.25, 0.3) is 33.3 Å². The monoisotopic (exact) mass is 943 g/mol. The number of halogens is 1. The number of hydrogen-bond donors (Lipinski definition) is 2. The van der Waals surface area contributed by atoms with Crippen molar-refractivity contribution in [2.45, 2.75) is 69.7 Å². The molecule has 3 aromatic carbocycles. The fraction of sp³-hybridized carbons (Fsp3) is 0.420. The number of benzene rings is 3. The molecule has 2 bridgehead atoms. The Labute approximate surface area is 394 Å². The van der Waals surface area contributed by atoms with E-state index in [0.29, 0.717) is 47.0 Å². The highest BCUT2D eigenvalue weighted by molar-refractivity contribution is 7.90. The molecular formula is C50H54ClN9O6S. The number of piperidine rings is 1. The van der Waals surface area contributed by atoms with Gasteiger partial charge < -0.3 is 9.64 Å². The van der Waals surface area contributed by atoms with E-state index in [0.717, 1.165) is 93.2 Å². The van der Waals surface area contributed by atoms with Gasteiger partial charge in [-0.25, -0.2) is 23.1 Å². The van der Waals surface area contributed by atoms with Crippen LogP contribution in [-0.4, -0.2) is 107 Å².